The number of unbranched alkanes of at least 4 members (excludes halogenated alkanes) is 25. The molecule has 0 aromatic rings. The van der Waals surface area contributed by atoms with Crippen molar-refractivity contribution in [3.63, 3.8) is 0 Å². The number of rotatable bonds is 48. The Hall–Kier alpha value is -3.15. The molecule has 6 nitrogen and oxygen atoms in total. The Morgan fingerprint density at radius 3 is 1.05 bits per heavy atom. The first-order valence-corrected chi connectivity index (χ1v) is 26.9. The maximum atomic E-state index is 12.8. The molecule has 368 valence electrons. The Kier molecular flexibility index (Phi) is 49.9. The molecule has 0 N–H and O–H groups in total. The first kappa shape index (κ1) is 60.9. The van der Waals surface area contributed by atoms with E-state index in [0.717, 1.165) is 77.0 Å². The Bertz CT molecular complexity index is 1210. The van der Waals surface area contributed by atoms with Crippen molar-refractivity contribution >= 4 is 17.9 Å². The van der Waals surface area contributed by atoms with Crippen LogP contribution in [-0.4, -0.2) is 37.2 Å². The standard InChI is InChI=1S/C58H100O6/c1-4-7-10-13-16-19-22-25-27-28-29-30-31-34-36-39-42-45-48-51-57(60)63-54-55(53-62-56(59)50-47-44-41-38-35-32-24-21-18-15-12-9-6-3)64-58(61)52-49-46-43-40-37-33-26-23-20-17-14-11-8-5-2/h9,12,18,21,23,25-27,32,35,41,44,55H,4-8,10-11,13-17,19-20,22,24,28-31,33-34,36-40,42-43,45-54H2,1-3H3/b12-9-,21-18-,26-23-,27-25-,35-32-,44-41-. The normalized spacial score (nSPS) is 12.6. The smallest absolute Gasteiger partial charge is 0.306 e. The molecule has 0 spiro atoms. The number of hydrogen-bond donors (Lipinski definition) is 0. The monoisotopic (exact) mass is 893 g/mol. The van der Waals surface area contributed by atoms with Gasteiger partial charge in [-0.15, -0.1) is 0 Å². The van der Waals surface area contributed by atoms with Crippen LogP contribution in [0.15, 0.2) is 72.9 Å². The second kappa shape index (κ2) is 52.5. The van der Waals surface area contributed by atoms with Crippen LogP contribution in [0.25, 0.3) is 0 Å². The van der Waals surface area contributed by atoms with Crippen LogP contribution in [0.1, 0.15) is 258 Å². The van der Waals surface area contributed by atoms with Crippen molar-refractivity contribution in [2.24, 2.45) is 0 Å². The number of carbonyl (C=O) groups excluding carboxylic acids is 3. The Labute approximate surface area is 395 Å². The second-order valence-electron chi connectivity index (χ2n) is 17.7. The van der Waals surface area contributed by atoms with Crippen molar-refractivity contribution in [1.29, 1.82) is 0 Å². The predicted molar refractivity (Wildman–Crippen MR) is 274 cm³/mol. The summed E-state index contributed by atoms with van der Waals surface area (Å²) in [6.07, 6.45) is 66.2. The third-order valence-corrected chi connectivity index (χ3v) is 11.4. The molecular weight excluding hydrogens is 793 g/mol. The lowest BCUT2D eigenvalue weighted by Gasteiger charge is -2.18. The van der Waals surface area contributed by atoms with Gasteiger partial charge in [-0.05, 0) is 96.3 Å². The van der Waals surface area contributed by atoms with E-state index in [1.165, 1.54) is 135 Å². The van der Waals surface area contributed by atoms with Crippen LogP contribution >= 0.6 is 0 Å². The number of carbonyl (C=O) groups is 3. The van der Waals surface area contributed by atoms with Crippen LogP contribution in [0.5, 0.6) is 0 Å². The van der Waals surface area contributed by atoms with E-state index in [9.17, 15) is 14.4 Å². The molecule has 0 aliphatic rings. The van der Waals surface area contributed by atoms with Gasteiger partial charge in [-0.25, -0.2) is 0 Å². The van der Waals surface area contributed by atoms with Gasteiger partial charge < -0.3 is 14.2 Å². The van der Waals surface area contributed by atoms with Gasteiger partial charge in [0.1, 0.15) is 13.2 Å². The molecule has 0 aliphatic carbocycles. The van der Waals surface area contributed by atoms with Crippen LogP contribution in [0.2, 0.25) is 0 Å². The van der Waals surface area contributed by atoms with Gasteiger partial charge in [-0.3, -0.25) is 14.4 Å². The van der Waals surface area contributed by atoms with E-state index in [0.29, 0.717) is 19.3 Å². The van der Waals surface area contributed by atoms with Crippen molar-refractivity contribution in [2.75, 3.05) is 13.2 Å². The molecule has 64 heavy (non-hydrogen) atoms. The van der Waals surface area contributed by atoms with Gasteiger partial charge in [-0.2, -0.15) is 0 Å². The minimum Gasteiger partial charge on any atom is -0.462 e. The Balaban J connectivity index is 4.42. The van der Waals surface area contributed by atoms with Crippen molar-refractivity contribution in [3.8, 4) is 0 Å². The highest BCUT2D eigenvalue weighted by atomic mass is 16.6. The van der Waals surface area contributed by atoms with E-state index in [2.05, 4.69) is 87.6 Å². The van der Waals surface area contributed by atoms with Crippen LogP contribution < -0.4 is 0 Å². The van der Waals surface area contributed by atoms with E-state index in [-0.39, 0.29) is 37.5 Å². The fourth-order valence-corrected chi connectivity index (χ4v) is 7.39. The largest absolute Gasteiger partial charge is 0.462 e. The van der Waals surface area contributed by atoms with Crippen molar-refractivity contribution in [3.05, 3.63) is 72.9 Å². The summed E-state index contributed by atoms with van der Waals surface area (Å²) < 4.78 is 16.7. The van der Waals surface area contributed by atoms with Crippen molar-refractivity contribution < 1.29 is 28.6 Å². The molecule has 0 saturated heterocycles. The molecule has 0 rings (SSSR count). The summed E-state index contributed by atoms with van der Waals surface area (Å²) in [5.41, 5.74) is 0. The average Bonchev–Trinajstić information content (AvgIpc) is 3.29. The lowest BCUT2D eigenvalue weighted by Crippen LogP contribution is -2.30. The molecule has 0 bridgehead atoms. The first-order valence-electron chi connectivity index (χ1n) is 26.9. The molecule has 1 atom stereocenters. The van der Waals surface area contributed by atoms with Gasteiger partial charge in [0.05, 0.1) is 0 Å². The Morgan fingerprint density at radius 2 is 0.641 bits per heavy atom. The van der Waals surface area contributed by atoms with Gasteiger partial charge >= 0.3 is 17.9 Å². The summed E-state index contributed by atoms with van der Waals surface area (Å²) in [6.45, 7) is 6.44. The molecule has 0 aromatic heterocycles. The first-order chi connectivity index (χ1) is 31.5. The summed E-state index contributed by atoms with van der Waals surface area (Å²) in [6, 6.07) is 0. The SMILES string of the molecule is CC/C=C\C/C=C\C/C=C\C/C=C\CCC(=O)OCC(COC(=O)CCCCCCCCCCC/C=C\CCCCCCCC)OC(=O)CCCCCCC/C=C\CCCCCCC. The minimum atomic E-state index is -0.808. The highest BCUT2D eigenvalue weighted by molar-refractivity contribution is 5.71. The van der Waals surface area contributed by atoms with Crippen molar-refractivity contribution in [2.45, 2.75) is 264 Å². The molecule has 6 heteroatoms. The molecule has 0 aliphatic heterocycles. The van der Waals surface area contributed by atoms with Crippen LogP contribution in [0.3, 0.4) is 0 Å². The zero-order chi connectivity index (χ0) is 46.5. The number of allylic oxidation sites excluding steroid dienone is 12. The molecule has 0 radical (unpaired) electrons. The maximum absolute atomic E-state index is 12.8. The zero-order valence-corrected chi connectivity index (χ0v) is 42.0. The van der Waals surface area contributed by atoms with Gasteiger partial charge in [0.2, 0.25) is 0 Å². The number of hydrogen-bond acceptors (Lipinski definition) is 6. The third kappa shape index (κ3) is 49.9. The highest BCUT2D eigenvalue weighted by Crippen LogP contribution is 2.14. The molecule has 1 unspecified atom stereocenters. The summed E-state index contributed by atoms with van der Waals surface area (Å²) in [4.78, 5) is 38.0. The molecule has 0 heterocycles. The lowest BCUT2D eigenvalue weighted by molar-refractivity contribution is -0.166. The summed E-state index contributed by atoms with van der Waals surface area (Å²) in [5, 5.41) is 0. The van der Waals surface area contributed by atoms with Gasteiger partial charge in [-0.1, -0.05) is 216 Å². The van der Waals surface area contributed by atoms with Gasteiger partial charge in [0.25, 0.3) is 0 Å². The topological polar surface area (TPSA) is 78.9 Å². The highest BCUT2D eigenvalue weighted by Gasteiger charge is 2.19. The van der Waals surface area contributed by atoms with E-state index in [1.807, 2.05) is 6.08 Å². The number of esters is 3. The summed E-state index contributed by atoms with van der Waals surface area (Å²) >= 11 is 0. The van der Waals surface area contributed by atoms with E-state index in [4.69, 9.17) is 14.2 Å². The molecule has 0 fully saturated rings. The maximum Gasteiger partial charge on any atom is 0.306 e. The van der Waals surface area contributed by atoms with E-state index in [1.54, 1.807) is 0 Å². The lowest BCUT2D eigenvalue weighted by atomic mass is 10.1. The molecule has 0 aromatic carbocycles. The van der Waals surface area contributed by atoms with E-state index < -0.39 is 6.10 Å². The van der Waals surface area contributed by atoms with Crippen LogP contribution in [-0.2, 0) is 28.6 Å². The van der Waals surface area contributed by atoms with Crippen molar-refractivity contribution in [1.82, 2.24) is 0 Å². The fourth-order valence-electron chi connectivity index (χ4n) is 7.39. The summed E-state index contributed by atoms with van der Waals surface area (Å²) in [7, 11) is 0. The summed E-state index contributed by atoms with van der Waals surface area (Å²) in [5.74, 6) is -0.994. The molecule has 0 saturated carbocycles. The fraction of sp³-hybridized carbons (Fsp3) is 0.741. The van der Waals surface area contributed by atoms with Crippen LogP contribution in [0, 0.1) is 0 Å². The molecule has 0 amide bonds. The zero-order valence-electron chi connectivity index (χ0n) is 42.0. The minimum absolute atomic E-state index is 0.101. The average molecular weight is 893 g/mol. The van der Waals surface area contributed by atoms with Gasteiger partial charge in [0.15, 0.2) is 6.10 Å². The Morgan fingerprint density at radius 1 is 0.328 bits per heavy atom. The number of ether oxygens (including phenoxy) is 3. The molecular formula is C58H100O6. The van der Waals surface area contributed by atoms with Crippen LogP contribution in [0.4, 0.5) is 0 Å². The van der Waals surface area contributed by atoms with E-state index >= 15 is 0 Å². The third-order valence-electron chi connectivity index (χ3n) is 11.4. The predicted octanol–water partition coefficient (Wildman–Crippen LogP) is 17.8. The van der Waals surface area contributed by atoms with Gasteiger partial charge in [0, 0.05) is 19.3 Å². The second-order valence-corrected chi connectivity index (χ2v) is 17.7. The quantitative estimate of drug-likeness (QED) is 0.0262.